The van der Waals surface area contributed by atoms with Crippen molar-refractivity contribution in [3.05, 3.63) is 130 Å². The fourth-order valence-electron chi connectivity index (χ4n) is 5.61. The van der Waals surface area contributed by atoms with Gasteiger partial charge < -0.3 is 4.74 Å². The van der Waals surface area contributed by atoms with E-state index in [0.29, 0.717) is 0 Å². The number of fused-ring (bicyclic) bond motifs is 10. The summed E-state index contributed by atoms with van der Waals surface area (Å²) in [4.78, 5) is 0. The van der Waals surface area contributed by atoms with Crippen LogP contribution in [0.5, 0.6) is 11.5 Å². The minimum Gasteiger partial charge on any atom is -0.457 e. The smallest absolute Gasteiger partial charge is 0.132 e. The molecule has 1 nitrogen and oxygen atoms in total. The molecule has 5 aromatic carbocycles. The maximum absolute atomic E-state index is 7.14. The summed E-state index contributed by atoms with van der Waals surface area (Å²) in [7, 11) is 0. The summed E-state index contributed by atoms with van der Waals surface area (Å²) in [5, 5.41) is 3.06. The summed E-state index contributed by atoms with van der Waals surface area (Å²) < 4.78 is 6.38. The summed E-state index contributed by atoms with van der Waals surface area (Å²) in [6.07, 6.45) is 0. The molecule has 1 aliphatic heterocycles. The van der Waals surface area contributed by atoms with Crippen LogP contribution in [0.2, 0.25) is 5.02 Å². The SMILES string of the molecule is Clc1c2c(cc3ccccc13)C1(c3ccccc3Oc3ccccc31)c1ccccc1-2. The van der Waals surface area contributed by atoms with Crippen molar-refractivity contribution < 1.29 is 4.74 Å². The van der Waals surface area contributed by atoms with Crippen LogP contribution in [0, 0.1) is 0 Å². The highest BCUT2D eigenvalue weighted by Crippen LogP contribution is 2.63. The van der Waals surface area contributed by atoms with Crippen LogP contribution in [0.15, 0.2) is 103 Å². The second-order valence-corrected chi connectivity index (χ2v) is 8.60. The molecule has 1 heterocycles. The van der Waals surface area contributed by atoms with Crippen molar-refractivity contribution in [3.8, 4) is 22.6 Å². The number of hydrogen-bond acceptors (Lipinski definition) is 1. The van der Waals surface area contributed by atoms with Gasteiger partial charge in [-0.05, 0) is 40.3 Å². The van der Waals surface area contributed by atoms with Crippen molar-refractivity contribution in [2.24, 2.45) is 0 Å². The van der Waals surface area contributed by atoms with Gasteiger partial charge in [0, 0.05) is 22.1 Å². The fraction of sp³-hybridized carbons (Fsp3) is 0.0345. The number of rotatable bonds is 0. The Balaban J connectivity index is 1.75. The molecule has 0 aromatic heterocycles. The van der Waals surface area contributed by atoms with Crippen LogP contribution in [0.1, 0.15) is 22.3 Å². The van der Waals surface area contributed by atoms with E-state index >= 15 is 0 Å². The van der Waals surface area contributed by atoms with Gasteiger partial charge in [-0.1, -0.05) is 96.5 Å². The quantitative estimate of drug-likeness (QED) is 0.243. The molecule has 1 spiro atoms. The molecule has 31 heavy (non-hydrogen) atoms. The lowest BCUT2D eigenvalue weighted by atomic mass is 9.66. The molecule has 0 saturated carbocycles. The minimum atomic E-state index is -0.467. The molecule has 1 aliphatic carbocycles. The summed E-state index contributed by atoms with van der Waals surface area (Å²) >= 11 is 7.14. The van der Waals surface area contributed by atoms with Gasteiger partial charge in [-0.25, -0.2) is 0 Å². The van der Waals surface area contributed by atoms with E-state index in [1.54, 1.807) is 0 Å². The third-order valence-electron chi connectivity index (χ3n) is 6.79. The Morgan fingerprint density at radius 3 is 1.90 bits per heavy atom. The van der Waals surface area contributed by atoms with Gasteiger partial charge >= 0.3 is 0 Å². The maximum atomic E-state index is 7.14. The third kappa shape index (κ3) is 2.02. The Morgan fingerprint density at radius 1 is 0.581 bits per heavy atom. The van der Waals surface area contributed by atoms with Gasteiger partial charge in [0.25, 0.3) is 0 Å². The first kappa shape index (κ1) is 17.2. The van der Waals surface area contributed by atoms with Crippen molar-refractivity contribution in [1.82, 2.24) is 0 Å². The van der Waals surface area contributed by atoms with Gasteiger partial charge in [-0.3, -0.25) is 0 Å². The molecule has 0 fully saturated rings. The average Bonchev–Trinajstić information content (AvgIpc) is 3.11. The highest BCUT2D eigenvalue weighted by molar-refractivity contribution is 6.39. The van der Waals surface area contributed by atoms with Crippen LogP contribution >= 0.6 is 11.6 Å². The van der Waals surface area contributed by atoms with E-state index in [2.05, 4.69) is 91.0 Å². The van der Waals surface area contributed by atoms with Gasteiger partial charge in [0.05, 0.1) is 10.4 Å². The molecule has 7 rings (SSSR count). The van der Waals surface area contributed by atoms with Crippen molar-refractivity contribution >= 4 is 22.4 Å². The number of ether oxygens (including phenoxy) is 1. The van der Waals surface area contributed by atoms with Crippen LogP contribution in [-0.2, 0) is 5.41 Å². The molecule has 0 bridgehead atoms. The van der Waals surface area contributed by atoms with E-state index in [4.69, 9.17) is 16.3 Å². The lowest BCUT2D eigenvalue weighted by molar-refractivity contribution is 0.436. The summed E-state index contributed by atoms with van der Waals surface area (Å²) in [6.45, 7) is 0. The van der Waals surface area contributed by atoms with Crippen LogP contribution in [0.25, 0.3) is 21.9 Å². The average molecular weight is 417 g/mol. The molecular weight excluding hydrogens is 400 g/mol. The van der Waals surface area contributed by atoms with E-state index in [9.17, 15) is 0 Å². The third-order valence-corrected chi connectivity index (χ3v) is 7.18. The van der Waals surface area contributed by atoms with Crippen molar-refractivity contribution in [2.75, 3.05) is 0 Å². The topological polar surface area (TPSA) is 9.23 Å². The zero-order valence-corrected chi connectivity index (χ0v) is 17.4. The van der Waals surface area contributed by atoms with E-state index in [-0.39, 0.29) is 0 Å². The standard InChI is InChI=1S/C29H17ClO/c30-28-19-10-2-1-9-18(19)17-24-27(28)20-11-3-4-12-21(20)29(24)22-13-5-7-15-25(22)31-26-16-8-6-14-23(26)29/h1-17H. The number of hydrogen-bond donors (Lipinski definition) is 0. The molecule has 5 aromatic rings. The van der Waals surface area contributed by atoms with Crippen LogP contribution in [0.3, 0.4) is 0 Å². The number of benzene rings is 5. The lowest BCUT2D eigenvalue weighted by Gasteiger charge is -2.39. The molecule has 0 radical (unpaired) electrons. The summed E-state index contributed by atoms with van der Waals surface area (Å²) in [6, 6.07) is 36.2. The normalized spacial score (nSPS) is 14.5. The van der Waals surface area contributed by atoms with Gasteiger partial charge in [-0.2, -0.15) is 0 Å². The Morgan fingerprint density at radius 2 is 1.16 bits per heavy atom. The molecule has 0 atom stereocenters. The van der Waals surface area contributed by atoms with Crippen molar-refractivity contribution in [1.29, 1.82) is 0 Å². The minimum absolute atomic E-state index is 0.467. The largest absolute Gasteiger partial charge is 0.457 e. The molecular formula is C29H17ClO. The van der Waals surface area contributed by atoms with Crippen molar-refractivity contribution in [2.45, 2.75) is 5.41 Å². The molecule has 146 valence electrons. The molecule has 0 unspecified atom stereocenters. The van der Waals surface area contributed by atoms with E-state index in [1.165, 1.54) is 16.7 Å². The number of para-hydroxylation sites is 2. The summed E-state index contributed by atoms with van der Waals surface area (Å²) in [5.74, 6) is 1.79. The van der Waals surface area contributed by atoms with E-state index < -0.39 is 5.41 Å². The molecule has 2 heteroatoms. The zero-order valence-electron chi connectivity index (χ0n) is 16.6. The van der Waals surface area contributed by atoms with Gasteiger partial charge in [0.2, 0.25) is 0 Å². The Labute approximate surface area is 185 Å². The molecule has 2 aliphatic rings. The zero-order chi connectivity index (χ0) is 20.6. The first-order valence-corrected chi connectivity index (χ1v) is 10.9. The lowest BCUT2D eigenvalue weighted by Crippen LogP contribution is -2.32. The van der Waals surface area contributed by atoms with Gasteiger partial charge in [0.15, 0.2) is 0 Å². The predicted octanol–water partition coefficient (Wildman–Crippen LogP) is 7.96. The Hall–Kier alpha value is -3.55. The van der Waals surface area contributed by atoms with Crippen LogP contribution in [0.4, 0.5) is 0 Å². The van der Waals surface area contributed by atoms with Crippen LogP contribution in [-0.4, -0.2) is 0 Å². The Kier molecular flexibility index (Phi) is 3.32. The molecule has 0 amide bonds. The Bertz CT molecular complexity index is 1490. The fourth-order valence-corrected chi connectivity index (χ4v) is 5.99. The molecule has 0 N–H and O–H groups in total. The monoisotopic (exact) mass is 416 g/mol. The first-order chi connectivity index (χ1) is 15.3. The second-order valence-electron chi connectivity index (χ2n) is 8.22. The van der Waals surface area contributed by atoms with Crippen LogP contribution < -0.4 is 4.74 Å². The maximum Gasteiger partial charge on any atom is 0.132 e. The van der Waals surface area contributed by atoms with Gasteiger partial charge in [-0.15, -0.1) is 0 Å². The highest BCUT2D eigenvalue weighted by Gasteiger charge is 2.51. The first-order valence-electron chi connectivity index (χ1n) is 10.5. The molecule has 0 saturated heterocycles. The second kappa shape index (κ2) is 6.00. The summed E-state index contributed by atoms with van der Waals surface area (Å²) in [5.41, 5.74) is 6.65. The van der Waals surface area contributed by atoms with Gasteiger partial charge in [0.1, 0.15) is 11.5 Å². The van der Waals surface area contributed by atoms with E-state index in [1.807, 2.05) is 12.1 Å². The predicted molar refractivity (Wildman–Crippen MR) is 126 cm³/mol. The van der Waals surface area contributed by atoms with Crippen molar-refractivity contribution in [3.63, 3.8) is 0 Å². The highest BCUT2D eigenvalue weighted by atomic mass is 35.5. The van der Waals surface area contributed by atoms with E-state index in [0.717, 1.165) is 44.0 Å². The number of halogens is 1.